The summed E-state index contributed by atoms with van der Waals surface area (Å²) in [5, 5.41) is 0. The lowest BCUT2D eigenvalue weighted by atomic mass is 10.1. The highest BCUT2D eigenvalue weighted by molar-refractivity contribution is 5.23. The Kier molecular flexibility index (Phi) is 8.16. The van der Waals surface area contributed by atoms with Crippen molar-refractivity contribution in [3.63, 3.8) is 0 Å². The van der Waals surface area contributed by atoms with Crippen LogP contribution < -0.4 is 0 Å². The zero-order valence-electron chi connectivity index (χ0n) is 12.5. The molecule has 0 N–H and O–H groups in total. The van der Waals surface area contributed by atoms with Gasteiger partial charge in [0.25, 0.3) is 0 Å². The molecule has 0 saturated heterocycles. The summed E-state index contributed by atoms with van der Waals surface area (Å²) in [5.74, 6) is 0.681. The van der Waals surface area contributed by atoms with Crippen LogP contribution in [0.5, 0.6) is 0 Å². The van der Waals surface area contributed by atoms with E-state index in [4.69, 9.17) is 9.47 Å². The lowest BCUT2D eigenvalue weighted by Gasteiger charge is -2.06. The second-order valence-corrected chi connectivity index (χ2v) is 4.53. The van der Waals surface area contributed by atoms with Crippen LogP contribution in [0.4, 0.5) is 0 Å². The molecule has 20 heavy (non-hydrogen) atoms. The summed E-state index contributed by atoms with van der Waals surface area (Å²) in [6.45, 7) is 7.30. The van der Waals surface area contributed by atoms with Crippen LogP contribution in [0.3, 0.4) is 0 Å². The fraction of sp³-hybridized carbons (Fsp3) is 0.333. The Morgan fingerprint density at radius 2 is 1.95 bits per heavy atom. The van der Waals surface area contributed by atoms with Gasteiger partial charge in [-0.25, -0.2) is 0 Å². The molecule has 1 aromatic rings. The number of allylic oxidation sites excluding steroid dienone is 4. The van der Waals surface area contributed by atoms with Crippen LogP contribution in [0, 0.1) is 0 Å². The molecule has 0 amide bonds. The standard InChI is InChI=1S/C18H24O2/c1-4-17(11-8-14-19-3)13-12-16(2)20-15-18-9-6-5-7-10-18/h4-7,9-10,12-13H,2,8,11,14-15H2,1,3H3/b13-12-,17-4-. The van der Waals surface area contributed by atoms with E-state index in [-0.39, 0.29) is 0 Å². The second-order valence-electron chi connectivity index (χ2n) is 4.53. The van der Waals surface area contributed by atoms with Crippen molar-refractivity contribution in [2.75, 3.05) is 13.7 Å². The molecule has 108 valence electrons. The third kappa shape index (κ3) is 6.95. The lowest BCUT2D eigenvalue weighted by molar-refractivity contribution is 0.195. The number of benzene rings is 1. The molecular weight excluding hydrogens is 248 g/mol. The van der Waals surface area contributed by atoms with Gasteiger partial charge in [0.15, 0.2) is 0 Å². The molecule has 0 saturated carbocycles. The molecule has 0 aliphatic rings. The van der Waals surface area contributed by atoms with E-state index in [1.165, 1.54) is 5.57 Å². The van der Waals surface area contributed by atoms with E-state index >= 15 is 0 Å². The van der Waals surface area contributed by atoms with Gasteiger partial charge in [-0.3, -0.25) is 0 Å². The predicted octanol–water partition coefficient (Wildman–Crippen LogP) is 4.65. The molecule has 1 aromatic carbocycles. The zero-order valence-corrected chi connectivity index (χ0v) is 12.5. The normalized spacial score (nSPS) is 11.8. The van der Waals surface area contributed by atoms with E-state index < -0.39 is 0 Å². The van der Waals surface area contributed by atoms with Crippen molar-refractivity contribution in [1.82, 2.24) is 0 Å². The lowest BCUT2D eigenvalue weighted by Crippen LogP contribution is -1.91. The van der Waals surface area contributed by atoms with Gasteiger partial charge in [-0.15, -0.1) is 0 Å². The van der Waals surface area contributed by atoms with Crippen molar-refractivity contribution in [3.8, 4) is 0 Å². The number of hydrogen-bond acceptors (Lipinski definition) is 2. The smallest absolute Gasteiger partial charge is 0.113 e. The average molecular weight is 272 g/mol. The van der Waals surface area contributed by atoms with Crippen molar-refractivity contribution < 1.29 is 9.47 Å². The van der Waals surface area contributed by atoms with Gasteiger partial charge in [-0.2, -0.15) is 0 Å². The third-order valence-electron chi connectivity index (χ3n) is 2.94. The van der Waals surface area contributed by atoms with Gasteiger partial charge in [0.2, 0.25) is 0 Å². The Labute approximate surface area is 122 Å². The second kappa shape index (κ2) is 10.0. The monoisotopic (exact) mass is 272 g/mol. The molecule has 0 atom stereocenters. The van der Waals surface area contributed by atoms with Crippen LogP contribution in [-0.4, -0.2) is 13.7 Å². The Hall–Kier alpha value is -1.80. The Balaban J connectivity index is 2.34. The fourth-order valence-electron chi connectivity index (χ4n) is 1.74. The van der Waals surface area contributed by atoms with Crippen LogP contribution in [0.2, 0.25) is 0 Å². The summed E-state index contributed by atoms with van der Waals surface area (Å²) in [6.07, 6.45) is 8.12. The molecule has 0 aromatic heterocycles. The predicted molar refractivity (Wildman–Crippen MR) is 84.4 cm³/mol. The summed E-state index contributed by atoms with van der Waals surface area (Å²) in [7, 11) is 1.73. The maximum atomic E-state index is 5.62. The summed E-state index contributed by atoms with van der Waals surface area (Å²) in [6, 6.07) is 10.1. The van der Waals surface area contributed by atoms with Crippen LogP contribution in [-0.2, 0) is 16.1 Å². The Bertz CT molecular complexity index is 444. The minimum Gasteiger partial charge on any atom is -0.490 e. The van der Waals surface area contributed by atoms with Gasteiger partial charge >= 0.3 is 0 Å². The van der Waals surface area contributed by atoms with E-state index in [1.807, 2.05) is 43.3 Å². The summed E-state index contributed by atoms with van der Waals surface area (Å²) >= 11 is 0. The van der Waals surface area contributed by atoms with Gasteiger partial charge in [0, 0.05) is 13.7 Å². The highest BCUT2D eigenvalue weighted by Crippen LogP contribution is 2.10. The van der Waals surface area contributed by atoms with Gasteiger partial charge in [-0.1, -0.05) is 54.6 Å². The van der Waals surface area contributed by atoms with Gasteiger partial charge in [0.05, 0.1) is 0 Å². The molecule has 0 spiro atoms. The first-order valence-corrected chi connectivity index (χ1v) is 6.94. The van der Waals surface area contributed by atoms with E-state index in [1.54, 1.807) is 7.11 Å². The van der Waals surface area contributed by atoms with Crippen LogP contribution in [0.1, 0.15) is 25.3 Å². The quantitative estimate of drug-likeness (QED) is 0.370. The molecule has 0 fully saturated rings. The molecule has 0 heterocycles. The van der Waals surface area contributed by atoms with E-state index in [9.17, 15) is 0 Å². The maximum Gasteiger partial charge on any atom is 0.113 e. The van der Waals surface area contributed by atoms with E-state index in [2.05, 4.69) is 18.7 Å². The average Bonchev–Trinajstić information content (AvgIpc) is 2.49. The highest BCUT2D eigenvalue weighted by Gasteiger charge is 1.95. The Morgan fingerprint density at radius 1 is 1.20 bits per heavy atom. The van der Waals surface area contributed by atoms with Crippen molar-refractivity contribution in [1.29, 1.82) is 0 Å². The summed E-state index contributed by atoms with van der Waals surface area (Å²) in [4.78, 5) is 0. The van der Waals surface area contributed by atoms with Crippen molar-refractivity contribution >= 4 is 0 Å². The third-order valence-corrected chi connectivity index (χ3v) is 2.94. The molecule has 0 aliphatic heterocycles. The fourth-order valence-corrected chi connectivity index (χ4v) is 1.74. The Morgan fingerprint density at radius 3 is 2.60 bits per heavy atom. The minimum atomic E-state index is 0.554. The van der Waals surface area contributed by atoms with Crippen molar-refractivity contribution in [3.05, 3.63) is 72.0 Å². The number of ether oxygens (including phenoxy) is 2. The maximum absolute atomic E-state index is 5.62. The largest absolute Gasteiger partial charge is 0.490 e. The van der Waals surface area contributed by atoms with Crippen LogP contribution >= 0.6 is 0 Å². The summed E-state index contributed by atoms with van der Waals surface area (Å²) < 4.78 is 10.7. The SMILES string of the molecule is C=C(/C=C\C(=C/C)CCCOC)OCc1ccccc1. The molecule has 0 unspecified atom stereocenters. The molecule has 0 bridgehead atoms. The van der Waals surface area contributed by atoms with E-state index in [0.717, 1.165) is 25.0 Å². The number of rotatable bonds is 9. The highest BCUT2D eigenvalue weighted by atomic mass is 16.5. The van der Waals surface area contributed by atoms with Crippen molar-refractivity contribution in [2.45, 2.75) is 26.4 Å². The molecule has 0 aliphatic carbocycles. The number of methoxy groups -OCH3 is 1. The molecular formula is C18H24O2. The first-order valence-electron chi connectivity index (χ1n) is 6.94. The molecule has 2 heteroatoms. The molecule has 0 radical (unpaired) electrons. The van der Waals surface area contributed by atoms with Crippen LogP contribution in [0.25, 0.3) is 0 Å². The first kappa shape index (κ1) is 16.3. The van der Waals surface area contributed by atoms with Gasteiger partial charge in [-0.05, 0) is 31.4 Å². The topological polar surface area (TPSA) is 18.5 Å². The van der Waals surface area contributed by atoms with Gasteiger partial charge in [0.1, 0.15) is 12.4 Å². The molecule has 1 rings (SSSR count). The van der Waals surface area contributed by atoms with Gasteiger partial charge < -0.3 is 9.47 Å². The molecule has 2 nitrogen and oxygen atoms in total. The van der Waals surface area contributed by atoms with Crippen molar-refractivity contribution in [2.24, 2.45) is 0 Å². The van der Waals surface area contributed by atoms with Crippen LogP contribution in [0.15, 0.2) is 66.5 Å². The number of hydrogen-bond donors (Lipinski definition) is 0. The zero-order chi connectivity index (χ0) is 14.6. The van der Waals surface area contributed by atoms with E-state index in [0.29, 0.717) is 12.4 Å². The summed E-state index contributed by atoms with van der Waals surface area (Å²) in [5.41, 5.74) is 2.42. The minimum absolute atomic E-state index is 0.554. The first-order chi connectivity index (χ1) is 9.76.